The molecule has 0 spiro atoms. The van der Waals surface area contributed by atoms with Crippen LogP contribution in [0, 0.1) is 5.82 Å². The van der Waals surface area contributed by atoms with Crippen molar-refractivity contribution in [3.05, 3.63) is 72.6 Å². The van der Waals surface area contributed by atoms with Crippen LogP contribution >= 0.6 is 0 Å². The van der Waals surface area contributed by atoms with Crippen LogP contribution in [0.4, 0.5) is 21.5 Å². The average Bonchev–Trinajstić information content (AvgIpc) is 3.22. The Morgan fingerprint density at radius 2 is 1.83 bits per heavy atom. The van der Waals surface area contributed by atoms with Crippen molar-refractivity contribution < 1.29 is 18.8 Å². The summed E-state index contributed by atoms with van der Waals surface area (Å²) in [6.07, 6.45) is 5.26. The molecule has 2 aromatic carbocycles. The summed E-state index contributed by atoms with van der Waals surface area (Å²) in [6, 6.07) is 10.2. The summed E-state index contributed by atoms with van der Waals surface area (Å²) < 4.78 is 15.8. The minimum absolute atomic E-state index is 0.0685. The van der Waals surface area contributed by atoms with Gasteiger partial charge in [-0.05, 0) is 36.4 Å². The number of nitrogens with zero attached hydrogens (tertiary/aromatic N) is 2. The van der Waals surface area contributed by atoms with E-state index in [1.54, 1.807) is 41.5 Å². The Morgan fingerprint density at radius 1 is 1.03 bits per heavy atom. The number of anilines is 3. The summed E-state index contributed by atoms with van der Waals surface area (Å²) in [7, 11) is 0. The lowest BCUT2D eigenvalue weighted by molar-refractivity contribution is -0.116. The molecule has 8 nitrogen and oxygen atoms in total. The Kier molecular flexibility index (Phi) is 6.53. The Labute approximate surface area is 172 Å². The number of nitrogens with one attached hydrogen (secondary N) is 3. The van der Waals surface area contributed by atoms with Gasteiger partial charge >= 0.3 is 0 Å². The molecular weight excluding hydrogens is 389 g/mol. The first-order chi connectivity index (χ1) is 14.4. The van der Waals surface area contributed by atoms with E-state index in [2.05, 4.69) is 20.9 Å². The van der Waals surface area contributed by atoms with Gasteiger partial charge in [0.05, 0.1) is 12.0 Å². The molecule has 154 valence electrons. The van der Waals surface area contributed by atoms with E-state index in [-0.39, 0.29) is 29.5 Å². The number of aromatic nitrogens is 2. The zero-order valence-electron chi connectivity index (χ0n) is 16.2. The van der Waals surface area contributed by atoms with Crippen molar-refractivity contribution in [2.75, 3.05) is 16.0 Å². The zero-order valence-corrected chi connectivity index (χ0v) is 16.2. The number of hydrogen-bond donors (Lipinski definition) is 3. The van der Waals surface area contributed by atoms with Gasteiger partial charge in [0.25, 0.3) is 5.91 Å². The molecule has 3 N–H and O–H groups in total. The van der Waals surface area contributed by atoms with Gasteiger partial charge in [0.1, 0.15) is 5.82 Å². The van der Waals surface area contributed by atoms with Crippen molar-refractivity contribution >= 4 is 34.8 Å². The average molecular weight is 409 g/mol. The van der Waals surface area contributed by atoms with Crippen LogP contribution in [0.15, 0.2) is 61.2 Å². The van der Waals surface area contributed by atoms with E-state index in [1.165, 1.54) is 25.1 Å². The van der Waals surface area contributed by atoms with Crippen molar-refractivity contribution in [3.8, 4) is 0 Å². The van der Waals surface area contributed by atoms with Crippen LogP contribution in [0.5, 0.6) is 0 Å². The highest BCUT2D eigenvalue weighted by Gasteiger charge is 2.12. The largest absolute Gasteiger partial charge is 0.337 e. The number of carbonyl (C=O) groups excluding carboxylic acids is 3. The van der Waals surface area contributed by atoms with Crippen LogP contribution < -0.4 is 16.0 Å². The fourth-order valence-electron chi connectivity index (χ4n) is 2.71. The van der Waals surface area contributed by atoms with E-state index in [0.717, 1.165) is 6.07 Å². The number of amides is 3. The maximum absolute atomic E-state index is 14.0. The minimum Gasteiger partial charge on any atom is -0.337 e. The molecule has 0 bridgehead atoms. The van der Waals surface area contributed by atoms with E-state index < -0.39 is 11.7 Å². The van der Waals surface area contributed by atoms with Crippen molar-refractivity contribution in [2.45, 2.75) is 19.9 Å². The van der Waals surface area contributed by atoms with Crippen molar-refractivity contribution in [1.82, 2.24) is 9.55 Å². The predicted octanol–water partition coefficient (Wildman–Crippen LogP) is 3.26. The monoisotopic (exact) mass is 409 g/mol. The standard InChI is InChI=1S/C21H20FN5O3/c1-14(28)24-17-5-6-18(22)19(12-17)26-21(30)15-3-2-4-16(11-15)25-20(29)7-9-27-10-8-23-13-27/h2-6,8,10-13H,7,9H2,1H3,(H,24,28)(H,25,29)(H,26,30). The van der Waals surface area contributed by atoms with Gasteiger partial charge in [-0.3, -0.25) is 14.4 Å². The lowest BCUT2D eigenvalue weighted by atomic mass is 10.1. The van der Waals surface area contributed by atoms with Crippen LogP contribution in [0.25, 0.3) is 0 Å². The highest BCUT2D eigenvalue weighted by Crippen LogP contribution is 2.21. The zero-order chi connectivity index (χ0) is 21.5. The Morgan fingerprint density at radius 3 is 2.57 bits per heavy atom. The first-order valence-electron chi connectivity index (χ1n) is 9.15. The predicted molar refractivity (Wildman–Crippen MR) is 111 cm³/mol. The fraction of sp³-hybridized carbons (Fsp3) is 0.143. The Hall–Kier alpha value is -4.01. The Balaban J connectivity index is 1.64. The molecule has 0 atom stereocenters. The fourth-order valence-corrected chi connectivity index (χ4v) is 2.71. The summed E-state index contributed by atoms with van der Waals surface area (Å²) in [5.74, 6) is -1.71. The second kappa shape index (κ2) is 9.46. The molecule has 3 rings (SSSR count). The number of carbonyl (C=O) groups is 3. The summed E-state index contributed by atoms with van der Waals surface area (Å²) in [5.41, 5.74) is 0.983. The summed E-state index contributed by atoms with van der Waals surface area (Å²) in [5, 5.41) is 7.74. The third-order valence-electron chi connectivity index (χ3n) is 4.10. The third-order valence-corrected chi connectivity index (χ3v) is 4.10. The maximum Gasteiger partial charge on any atom is 0.255 e. The van der Waals surface area contributed by atoms with Gasteiger partial charge in [0, 0.05) is 49.2 Å². The van der Waals surface area contributed by atoms with Gasteiger partial charge in [-0.1, -0.05) is 6.07 Å². The van der Waals surface area contributed by atoms with Gasteiger partial charge in [-0.25, -0.2) is 9.37 Å². The second-order valence-corrected chi connectivity index (χ2v) is 6.51. The van der Waals surface area contributed by atoms with E-state index in [9.17, 15) is 18.8 Å². The molecule has 3 aromatic rings. The number of hydrogen-bond acceptors (Lipinski definition) is 4. The Bertz CT molecular complexity index is 1070. The highest BCUT2D eigenvalue weighted by atomic mass is 19.1. The summed E-state index contributed by atoms with van der Waals surface area (Å²) in [6.45, 7) is 1.81. The molecular formula is C21H20FN5O3. The number of benzene rings is 2. The molecule has 0 saturated carbocycles. The SMILES string of the molecule is CC(=O)Nc1ccc(F)c(NC(=O)c2cccc(NC(=O)CCn3ccnc3)c2)c1. The molecule has 0 aliphatic carbocycles. The van der Waals surface area contributed by atoms with E-state index in [4.69, 9.17) is 0 Å². The van der Waals surface area contributed by atoms with Crippen molar-refractivity contribution in [3.63, 3.8) is 0 Å². The van der Waals surface area contributed by atoms with Gasteiger partial charge in [-0.2, -0.15) is 0 Å². The van der Waals surface area contributed by atoms with Gasteiger partial charge in [0.15, 0.2) is 0 Å². The summed E-state index contributed by atoms with van der Waals surface area (Å²) >= 11 is 0. The van der Waals surface area contributed by atoms with Crippen LogP contribution in [0.2, 0.25) is 0 Å². The second-order valence-electron chi connectivity index (χ2n) is 6.51. The van der Waals surface area contributed by atoms with Crippen LogP contribution in [0.3, 0.4) is 0 Å². The van der Waals surface area contributed by atoms with Crippen LogP contribution in [0.1, 0.15) is 23.7 Å². The van der Waals surface area contributed by atoms with E-state index in [0.29, 0.717) is 17.9 Å². The molecule has 0 unspecified atom stereocenters. The molecule has 3 amide bonds. The number of imidazole rings is 1. The van der Waals surface area contributed by atoms with E-state index >= 15 is 0 Å². The molecule has 1 aromatic heterocycles. The van der Waals surface area contributed by atoms with Gasteiger partial charge in [-0.15, -0.1) is 0 Å². The number of aryl methyl sites for hydroxylation is 1. The van der Waals surface area contributed by atoms with Crippen LogP contribution in [-0.4, -0.2) is 27.3 Å². The van der Waals surface area contributed by atoms with Crippen LogP contribution in [-0.2, 0) is 16.1 Å². The smallest absolute Gasteiger partial charge is 0.255 e. The molecule has 1 heterocycles. The molecule has 9 heteroatoms. The van der Waals surface area contributed by atoms with Crippen molar-refractivity contribution in [2.24, 2.45) is 0 Å². The molecule has 0 aliphatic rings. The third kappa shape index (κ3) is 5.74. The summed E-state index contributed by atoms with van der Waals surface area (Å²) in [4.78, 5) is 39.7. The minimum atomic E-state index is -0.638. The molecule has 0 radical (unpaired) electrons. The maximum atomic E-state index is 14.0. The van der Waals surface area contributed by atoms with E-state index in [1.807, 2.05) is 0 Å². The van der Waals surface area contributed by atoms with Gasteiger partial charge in [0.2, 0.25) is 11.8 Å². The molecule has 0 saturated heterocycles. The first-order valence-corrected chi connectivity index (χ1v) is 9.15. The quantitative estimate of drug-likeness (QED) is 0.557. The number of halogens is 1. The first kappa shape index (κ1) is 20.7. The van der Waals surface area contributed by atoms with Crippen molar-refractivity contribution in [1.29, 1.82) is 0 Å². The number of rotatable bonds is 7. The molecule has 0 aliphatic heterocycles. The highest BCUT2D eigenvalue weighted by molar-refractivity contribution is 6.05. The molecule has 0 fully saturated rings. The normalized spacial score (nSPS) is 10.3. The lowest BCUT2D eigenvalue weighted by Gasteiger charge is -2.11. The molecule has 30 heavy (non-hydrogen) atoms. The topological polar surface area (TPSA) is 105 Å². The lowest BCUT2D eigenvalue weighted by Crippen LogP contribution is -2.16. The van der Waals surface area contributed by atoms with Gasteiger partial charge < -0.3 is 20.5 Å².